The minimum Gasteiger partial charge on any atom is -0.462 e. The van der Waals surface area contributed by atoms with E-state index in [1.807, 2.05) is 0 Å². The standard InChI is InChI=1S/C32H48O4/c1-20(2)11-9-17-31(8)26-24(35-21(3)33)19-30(7)23-12-13-25-28(4,5)15-10-16-29(25,6)22(23)14-18-32(26,30)27(34)36-31/h12,22,24-26H,1,9-11,13-19H2,2-8H3/t22-,24+,25?,26+,29+,30-,31-,32+/m0/s1. The molecule has 5 aliphatic rings. The van der Waals surface area contributed by atoms with Crippen LogP contribution in [-0.4, -0.2) is 23.6 Å². The molecule has 4 heteroatoms. The average molecular weight is 497 g/mol. The van der Waals surface area contributed by atoms with Gasteiger partial charge in [0.2, 0.25) is 0 Å². The minimum absolute atomic E-state index is 0.0434. The van der Waals surface area contributed by atoms with Crippen LogP contribution in [0.15, 0.2) is 23.8 Å². The van der Waals surface area contributed by atoms with Gasteiger partial charge in [0.05, 0.1) is 11.3 Å². The van der Waals surface area contributed by atoms with Gasteiger partial charge in [-0.05, 0) is 94.3 Å². The Hall–Kier alpha value is -1.58. The molecule has 200 valence electrons. The molecule has 4 nitrogen and oxygen atoms in total. The van der Waals surface area contributed by atoms with Crippen molar-refractivity contribution in [1.29, 1.82) is 0 Å². The highest BCUT2D eigenvalue weighted by atomic mass is 16.6. The maximum Gasteiger partial charge on any atom is 0.314 e. The molecule has 1 spiro atoms. The lowest BCUT2D eigenvalue weighted by molar-refractivity contribution is -0.162. The molecule has 0 amide bonds. The number of carbonyl (C=O) groups excluding carboxylic acids is 2. The van der Waals surface area contributed by atoms with E-state index in [4.69, 9.17) is 9.47 Å². The van der Waals surface area contributed by atoms with Gasteiger partial charge in [-0.15, -0.1) is 6.58 Å². The molecule has 0 bridgehead atoms. The second-order valence-electron chi connectivity index (χ2n) is 14.5. The Bertz CT molecular complexity index is 1010. The van der Waals surface area contributed by atoms with Gasteiger partial charge in [-0.3, -0.25) is 9.59 Å². The number of fused-ring (bicyclic) bond motifs is 4. The molecule has 0 radical (unpaired) electrons. The molecular formula is C32H48O4. The van der Waals surface area contributed by atoms with Crippen molar-refractivity contribution in [3.8, 4) is 0 Å². The van der Waals surface area contributed by atoms with Crippen LogP contribution in [0.3, 0.4) is 0 Å². The van der Waals surface area contributed by atoms with Crippen LogP contribution in [0.2, 0.25) is 0 Å². The van der Waals surface area contributed by atoms with E-state index in [1.54, 1.807) is 0 Å². The predicted octanol–water partition coefficient (Wildman–Crippen LogP) is 7.57. The molecule has 0 aromatic rings. The van der Waals surface area contributed by atoms with E-state index in [0.717, 1.165) is 50.5 Å². The summed E-state index contributed by atoms with van der Waals surface area (Å²) in [7, 11) is 0. The number of cyclic esters (lactones) is 1. The molecule has 0 aromatic carbocycles. The Morgan fingerprint density at radius 2 is 1.86 bits per heavy atom. The number of rotatable bonds is 5. The van der Waals surface area contributed by atoms with Crippen LogP contribution in [0.5, 0.6) is 0 Å². The maximum atomic E-state index is 14.1. The van der Waals surface area contributed by atoms with Crippen LogP contribution < -0.4 is 0 Å². The van der Waals surface area contributed by atoms with Crippen molar-refractivity contribution in [2.24, 2.45) is 39.4 Å². The third kappa shape index (κ3) is 3.37. The summed E-state index contributed by atoms with van der Waals surface area (Å²) < 4.78 is 12.5. The lowest BCUT2D eigenvalue weighted by Crippen LogP contribution is -2.57. The van der Waals surface area contributed by atoms with E-state index in [9.17, 15) is 9.59 Å². The summed E-state index contributed by atoms with van der Waals surface area (Å²) in [6, 6.07) is 0. The highest BCUT2D eigenvalue weighted by Crippen LogP contribution is 2.76. The molecule has 3 saturated carbocycles. The van der Waals surface area contributed by atoms with Gasteiger partial charge in [-0.2, -0.15) is 0 Å². The van der Waals surface area contributed by atoms with Gasteiger partial charge in [0.1, 0.15) is 11.7 Å². The molecule has 0 N–H and O–H groups in total. The average Bonchev–Trinajstić information content (AvgIpc) is 3.14. The fourth-order valence-electron chi connectivity index (χ4n) is 10.6. The van der Waals surface area contributed by atoms with Gasteiger partial charge < -0.3 is 9.47 Å². The lowest BCUT2D eigenvalue weighted by atomic mass is 9.41. The van der Waals surface area contributed by atoms with Crippen LogP contribution in [0.1, 0.15) is 113 Å². The normalized spacial score (nSPS) is 46.5. The van der Waals surface area contributed by atoms with Crippen molar-refractivity contribution in [3.05, 3.63) is 23.8 Å². The molecule has 5 rings (SSSR count). The Kier molecular flexibility index (Phi) is 5.94. The second kappa shape index (κ2) is 8.21. The van der Waals surface area contributed by atoms with Gasteiger partial charge in [0, 0.05) is 12.3 Å². The van der Waals surface area contributed by atoms with E-state index >= 15 is 0 Å². The molecule has 1 saturated heterocycles. The number of esters is 2. The fraction of sp³-hybridized carbons (Fsp3) is 0.812. The number of allylic oxidation sites excluding steroid dienone is 3. The molecule has 1 unspecified atom stereocenters. The Labute approximate surface area is 218 Å². The fourth-order valence-corrected chi connectivity index (χ4v) is 10.6. The van der Waals surface area contributed by atoms with Crippen LogP contribution >= 0.6 is 0 Å². The largest absolute Gasteiger partial charge is 0.462 e. The summed E-state index contributed by atoms with van der Waals surface area (Å²) in [5.74, 6) is 0.766. The number of hydrogen-bond donors (Lipinski definition) is 0. The molecule has 1 heterocycles. The van der Waals surface area contributed by atoms with E-state index in [1.165, 1.54) is 31.8 Å². The van der Waals surface area contributed by atoms with Crippen molar-refractivity contribution in [1.82, 2.24) is 0 Å². The number of hydrogen-bond acceptors (Lipinski definition) is 4. The molecule has 36 heavy (non-hydrogen) atoms. The van der Waals surface area contributed by atoms with E-state index in [0.29, 0.717) is 17.3 Å². The molecule has 1 aliphatic heterocycles. The monoisotopic (exact) mass is 496 g/mol. The first kappa shape index (κ1) is 26.0. The SMILES string of the molecule is C=C(C)CCC[C@]1(C)OC(=O)[C@]23CC[C@H]4C(=CCC5C(C)(C)CCC[C@@]54C)[C@]2(C)C[C@@H](OC(C)=O)[C@@H]31. The van der Waals surface area contributed by atoms with E-state index in [-0.39, 0.29) is 34.8 Å². The summed E-state index contributed by atoms with van der Waals surface area (Å²) in [6.07, 6.45) is 12.4. The topological polar surface area (TPSA) is 52.6 Å². The third-order valence-electron chi connectivity index (χ3n) is 11.9. The second-order valence-corrected chi connectivity index (χ2v) is 14.5. The lowest BCUT2D eigenvalue weighted by Gasteiger charge is -2.62. The van der Waals surface area contributed by atoms with Crippen LogP contribution in [0, 0.1) is 39.4 Å². The quantitative estimate of drug-likeness (QED) is 0.291. The van der Waals surface area contributed by atoms with Crippen molar-refractivity contribution < 1.29 is 19.1 Å². The van der Waals surface area contributed by atoms with Gasteiger partial charge in [-0.1, -0.05) is 51.3 Å². The Morgan fingerprint density at radius 1 is 1.14 bits per heavy atom. The zero-order chi connectivity index (χ0) is 26.3. The third-order valence-corrected chi connectivity index (χ3v) is 11.9. The summed E-state index contributed by atoms with van der Waals surface area (Å²) in [4.78, 5) is 26.4. The highest BCUT2D eigenvalue weighted by molar-refractivity contribution is 5.84. The van der Waals surface area contributed by atoms with Gasteiger partial charge >= 0.3 is 11.9 Å². The zero-order valence-electron chi connectivity index (χ0n) is 23.8. The van der Waals surface area contributed by atoms with Crippen LogP contribution in [0.4, 0.5) is 0 Å². The zero-order valence-corrected chi connectivity index (χ0v) is 23.8. The maximum absolute atomic E-state index is 14.1. The van der Waals surface area contributed by atoms with Gasteiger partial charge in [0.25, 0.3) is 0 Å². The summed E-state index contributed by atoms with van der Waals surface area (Å²) in [5.41, 5.74) is 1.67. The van der Waals surface area contributed by atoms with Crippen molar-refractivity contribution in [2.75, 3.05) is 0 Å². The van der Waals surface area contributed by atoms with Crippen molar-refractivity contribution in [2.45, 2.75) is 124 Å². The Morgan fingerprint density at radius 3 is 2.53 bits per heavy atom. The first-order chi connectivity index (χ1) is 16.7. The molecular weight excluding hydrogens is 448 g/mol. The summed E-state index contributed by atoms with van der Waals surface area (Å²) in [5, 5.41) is 0. The smallest absolute Gasteiger partial charge is 0.314 e. The van der Waals surface area contributed by atoms with Crippen LogP contribution in [0.25, 0.3) is 0 Å². The minimum atomic E-state index is -0.619. The molecule has 4 aliphatic carbocycles. The Balaban J connectivity index is 1.58. The van der Waals surface area contributed by atoms with Crippen LogP contribution in [-0.2, 0) is 19.1 Å². The van der Waals surface area contributed by atoms with Gasteiger partial charge in [0.15, 0.2) is 0 Å². The molecule has 8 atom stereocenters. The predicted molar refractivity (Wildman–Crippen MR) is 142 cm³/mol. The molecule has 0 aromatic heterocycles. The van der Waals surface area contributed by atoms with Gasteiger partial charge in [-0.25, -0.2) is 0 Å². The van der Waals surface area contributed by atoms with E-state index < -0.39 is 11.0 Å². The number of ether oxygens (including phenoxy) is 2. The molecule has 4 fully saturated rings. The first-order valence-corrected chi connectivity index (χ1v) is 14.5. The van der Waals surface area contributed by atoms with E-state index in [2.05, 4.69) is 54.2 Å². The highest BCUT2D eigenvalue weighted by Gasteiger charge is 2.79. The van der Waals surface area contributed by atoms with Crippen molar-refractivity contribution >= 4 is 11.9 Å². The van der Waals surface area contributed by atoms with Crippen molar-refractivity contribution in [3.63, 3.8) is 0 Å². The first-order valence-electron chi connectivity index (χ1n) is 14.5. The number of carbonyl (C=O) groups is 2. The summed E-state index contributed by atoms with van der Waals surface area (Å²) in [6.45, 7) is 19.5. The summed E-state index contributed by atoms with van der Waals surface area (Å²) >= 11 is 0.